The molecule has 2 N–H and O–H groups in total. The molecule has 0 aromatic heterocycles. The Kier molecular flexibility index (Phi) is 5.00. The molecular weight excluding hydrogens is 252 g/mol. The van der Waals surface area contributed by atoms with Gasteiger partial charge in [-0.25, -0.2) is 13.1 Å². The van der Waals surface area contributed by atoms with Crippen LogP contribution in [0.1, 0.15) is 32.6 Å². The van der Waals surface area contributed by atoms with Crippen LogP contribution in [-0.2, 0) is 14.8 Å². The minimum Gasteiger partial charge on any atom is -0.381 e. The summed E-state index contributed by atoms with van der Waals surface area (Å²) < 4.78 is 31.9. The van der Waals surface area contributed by atoms with E-state index in [9.17, 15) is 8.42 Å². The van der Waals surface area contributed by atoms with E-state index >= 15 is 0 Å². The molecule has 0 aromatic rings. The standard InChI is InChI=1S/C12H24N2O3S/c1-10(11-4-7-17-8-5-11)14-18(15,16)9-6-13-12-2-3-12/h10-14H,2-9H2,1H3. The van der Waals surface area contributed by atoms with E-state index in [0.29, 0.717) is 18.5 Å². The summed E-state index contributed by atoms with van der Waals surface area (Å²) in [7, 11) is -3.15. The highest BCUT2D eigenvalue weighted by Gasteiger charge is 2.25. The molecule has 1 aliphatic heterocycles. The van der Waals surface area contributed by atoms with E-state index in [2.05, 4.69) is 10.0 Å². The Bertz CT molecular complexity index is 348. The smallest absolute Gasteiger partial charge is 0.213 e. The second kappa shape index (κ2) is 6.32. The van der Waals surface area contributed by atoms with Crippen molar-refractivity contribution in [1.29, 1.82) is 0 Å². The molecule has 18 heavy (non-hydrogen) atoms. The highest BCUT2D eigenvalue weighted by atomic mass is 32.2. The van der Waals surface area contributed by atoms with Crippen LogP contribution in [0.5, 0.6) is 0 Å². The van der Waals surface area contributed by atoms with E-state index in [1.165, 1.54) is 12.8 Å². The summed E-state index contributed by atoms with van der Waals surface area (Å²) in [5.74, 6) is 0.585. The molecule has 0 amide bonds. The van der Waals surface area contributed by atoms with Crippen LogP contribution in [0.25, 0.3) is 0 Å². The zero-order chi connectivity index (χ0) is 13.0. The SMILES string of the molecule is CC(NS(=O)(=O)CCNC1CC1)C1CCOCC1. The number of hydrogen-bond donors (Lipinski definition) is 2. The molecule has 1 heterocycles. The third-order valence-electron chi connectivity index (χ3n) is 3.72. The second-order valence-electron chi connectivity index (χ2n) is 5.40. The van der Waals surface area contributed by atoms with Crippen LogP contribution in [0.15, 0.2) is 0 Å². The van der Waals surface area contributed by atoms with Crippen molar-refractivity contribution in [2.45, 2.75) is 44.7 Å². The van der Waals surface area contributed by atoms with Gasteiger partial charge in [0.1, 0.15) is 0 Å². The van der Waals surface area contributed by atoms with Crippen molar-refractivity contribution in [2.24, 2.45) is 5.92 Å². The van der Waals surface area contributed by atoms with Crippen molar-refractivity contribution < 1.29 is 13.2 Å². The average molecular weight is 276 g/mol. The van der Waals surface area contributed by atoms with Crippen LogP contribution in [0.2, 0.25) is 0 Å². The summed E-state index contributed by atoms with van der Waals surface area (Å²) in [6, 6.07) is 0.577. The van der Waals surface area contributed by atoms with Crippen molar-refractivity contribution in [2.75, 3.05) is 25.5 Å². The summed E-state index contributed by atoms with van der Waals surface area (Å²) >= 11 is 0. The first-order valence-electron chi connectivity index (χ1n) is 6.88. The lowest BCUT2D eigenvalue weighted by Gasteiger charge is -2.28. The minimum atomic E-state index is -3.15. The highest BCUT2D eigenvalue weighted by molar-refractivity contribution is 7.89. The van der Waals surface area contributed by atoms with Crippen LogP contribution < -0.4 is 10.0 Å². The van der Waals surface area contributed by atoms with Gasteiger partial charge in [0.15, 0.2) is 0 Å². The third-order valence-corrected chi connectivity index (χ3v) is 5.19. The molecule has 106 valence electrons. The molecule has 1 aliphatic carbocycles. The zero-order valence-electron chi connectivity index (χ0n) is 11.0. The normalized spacial score (nSPS) is 24.1. The Hall–Kier alpha value is -0.170. The average Bonchev–Trinajstić information content (AvgIpc) is 3.13. The maximum Gasteiger partial charge on any atom is 0.213 e. The van der Waals surface area contributed by atoms with Gasteiger partial charge in [-0.3, -0.25) is 0 Å². The molecule has 6 heteroatoms. The molecule has 2 rings (SSSR count). The summed E-state index contributed by atoms with van der Waals surface area (Å²) in [5, 5.41) is 3.23. The van der Waals surface area contributed by atoms with Crippen LogP contribution >= 0.6 is 0 Å². The summed E-state index contributed by atoms with van der Waals surface area (Å²) in [6.45, 7) is 4.02. The van der Waals surface area contributed by atoms with Crippen LogP contribution in [0.4, 0.5) is 0 Å². The van der Waals surface area contributed by atoms with Gasteiger partial charge < -0.3 is 10.1 Å². The van der Waals surface area contributed by atoms with Crippen molar-refractivity contribution in [3.63, 3.8) is 0 Å². The van der Waals surface area contributed by atoms with Gasteiger partial charge in [-0.05, 0) is 38.5 Å². The number of ether oxygens (including phenoxy) is 1. The number of rotatable bonds is 7. The minimum absolute atomic E-state index is 0.0137. The van der Waals surface area contributed by atoms with E-state index in [4.69, 9.17) is 4.74 Å². The zero-order valence-corrected chi connectivity index (χ0v) is 11.8. The molecule has 0 bridgehead atoms. The molecule has 1 unspecified atom stereocenters. The summed E-state index contributed by atoms with van der Waals surface area (Å²) in [6.07, 6.45) is 4.27. The molecule has 1 atom stereocenters. The fourth-order valence-electron chi connectivity index (χ4n) is 2.34. The van der Waals surface area contributed by atoms with Crippen molar-refractivity contribution >= 4 is 10.0 Å². The highest BCUT2D eigenvalue weighted by Crippen LogP contribution is 2.19. The number of nitrogens with one attached hydrogen (secondary N) is 2. The Morgan fingerprint density at radius 1 is 1.22 bits per heavy atom. The number of hydrogen-bond acceptors (Lipinski definition) is 4. The van der Waals surface area contributed by atoms with Crippen molar-refractivity contribution in [3.05, 3.63) is 0 Å². The fourth-order valence-corrected chi connectivity index (χ4v) is 3.60. The Morgan fingerprint density at radius 2 is 1.89 bits per heavy atom. The molecule has 1 saturated carbocycles. The predicted molar refractivity (Wildman–Crippen MR) is 71.0 cm³/mol. The first-order chi connectivity index (χ1) is 8.57. The maximum atomic E-state index is 11.9. The largest absolute Gasteiger partial charge is 0.381 e. The summed E-state index contributed by atoms with van der Waals surface area (Å²) in [5.41, 5.74) is 0. The predicted octanol–water partition coefficient (Wildman–Crippen LogP) is 0.473. The molecule has 2 aliphatic rings. The van der Waals surface area contributed by atoms with Crippen LogP contribution in [0, 0.1) is 5.92 Å². The Balaban J connectivity index is 1.71. The van der Waals surface area contributed by atoms with Crippen LogP contribution in [-0.4, -0.2) is 46.0 Å². The Labute approximate surface area is 110 Å². The van der Waals surface area contributed by atoms with E-state index in [1.807, 2.05) is 6.92 Å². The molecule has 0 aromatic carbocycles. The first-order valence-corrected chi connectivity index (χ1v) is 8.53. The molecular formula is C12H24N2O3S. The van der Waals surface area contributed by atoms with E-state index in [1.54, 1.807) is 0 Å². The molecule has 5 nitrogen and oxygen atoms in total. The first kappa shape index (κ1) is 14.2. The third kappa shape index (κ3) is 4.84. The second-order valence-corrected chi connectivity index (χ2v) is 7.28. The van der Waals surface area contributed by atoms with Gasteiger partial charge in [-0.1, -0.05) is 0 Å². The monoisotopic (exact) mass is 276 g/mol. The molecule has 0 radical (unpaired) electrons. The van der Waals surface area contributed by atoms with Gasteiger partial charge in [0.05, 0.1) is 5.75 Å². The Morgan fingerprint density at radius 3 is 2.50 bits per heavy atom. The molecule has 2 fully saturated rings. The van der Waals surface area contributed by atoms with Crippen molar-refractivity contribution in [1.82, 2.24) is 10.0 Å². The van der Waals surface area contributed by atoms with E-state index in [-0.39, 0.29) is 11.8 Å². The number of sulfonamides is 1. The van der Waals surface area contributed by atoms with Gasteiger partial charge in [0, 0.05) is 31.8 Å². The lowest BCUT2D eigenvalue weighted by Crippen LogP contribution is -2.42. The van der Waals surface area contributed by atoms with Gasteiger partial charge in [0.2, 0.25) is 10.0 Å². The van der Waals surface area contributed by atoms with Gasteiger partial charge in [-0.15, -0.1) is 0 Å². The summed E-state index contributed by atoms with van der Waals surface area (Å²) in [4.78, 5) is 0. The van der Waals surface area contributed by atoms with Gasteiger partial charge >= 0.3 is 0 Å². The fraction of sp³-hybridized carbons (Fsp3) is 1.00. The van der Waals surface area contributed by atoms with E-state index < -0.39 is 10.0 Å². The van der Waals surface area contributed by atoms with Crippen molar-refractivity contribution in [3.8, 4) is 0 Å². The topological polar surface area (TPSA) is 67.4 Å². The van der Waals surface area contributed by atoms with Gasteiger partial charge in [-0.2, -0.15) is 0 Å². The lowest BCUT2D eigenvalue weighted by atomic mass is 9.94. The van der Waals surface area contributed by atoms with Gasteiger partial charge in [0.25, 0.3) is 0 Å². The maximum absolute atomic E-state index is 11.9. The molecule has 1 saturated heterocycles. The van der Waals surface area contributed by atoms with E-state index in [0.717, 1.165) is 26.1 Å². The van der Waals surface area contributed by atoms with Crippen LogP contribution in [0.3, 0.4) is 0 Å². The lowest BCUT2D eigenvalue weighted by molar-refractivity contribution is 0.0586. The molecule has 0 spiro atoms. The quantitative estimate of drug-likeness (QED) is 0.709.